The molecule has 0 aliphatic heterocycles. The van der Waals surface area contributed by atoms with Crippen molar-refractivity contribution >= 4 is 50.4 Å². The molecule has 0 spiro atoms. The molecule has 2 amide bonds. The van der Waals surface area contributed by atoms with Crippen molar-refractivity contribution in [3.05, 3.63) is 46.9 Å². The summed E-state index contributed by atoms with van der Waals surface area (Å²) in [4.78, 5) is 33.2. The molecule has 0 radical (unpaired) electrons. The molecule has 1 atom stereocenters. The number of carbonyl (C=O) groups is 2. The van der Waals surface area contributed by atoms with E-state index in [4.69, 9.17) is 19.4 Å². The zero-order valence-electron chi connectivity index (χ0n) is 19.3. The number of hydrogen-bond acceptors (Lipinski definition) is 8. The van der Waals surface area contributed by atoms with Crippen molar-refractivity contribution in [2.45, 2.75) is 13.0 Å². The van der Waals surface area contributed by atoms with Crippen LogP contribution in [-0.4, -0.2) is 64.9 Å². The highest BCUT2D eigenvalue weighted by Gasteiger charge is 2.20. The summed E-state index contributed by atoms with van der Waals surface area (Å²) in [7, 11) is 3.07. The molecule has 2 aromatic heterocycles. The summed E-state index contributed by atoms with van der Waals surface area (Å²) in [5.41, 5.74) is 2.09. The summed E-state index contributed by atoms with van der Waals surface area (Å²) in [5, 5.41) is 13.7. The minimum absolute atomic E-state index is 0.0534. The van der Waals surface area contributed by atoms with Gasteiger partial charge in [0.15, 0.2) is 11.5 Å². The minimum atomic E-state index is -0.653. The van der Waals surface area contributed by atoms with Crippen molar-refractivity contribution in [3.8, 4) is 17.1 Å². The Balaban J connectivity index is 1.64. The Morgan fingerprint density at radius 1 is 1.14 bits per heavy atom. The average Bonchev–Trinajstić information content (AvgIpc) is 3.33. The molecule has 3 N–H and O–H groups in total. The molecule has 0 aliphatic carbocycles. The van der Waals surface area contributed by atoms with Crippen LogP contribution < -0.4 is 20.7 Å². The molecule has 0 bridgehead atoms. The van der Waals surface area contributed by atoms with Crippen LogP contribution in [-0.2, 0) is 9.53 Å². The highest BCUT2D eigenvalue weighted by atomic mass is 79.9. The Hall–Kier alpha value is -3.93. The maximum Gasteiger partial charge on any atom is 0.406 e. The fourth-order valence-corrected chi connectivity index (χ4v) is 3.81. The second-order valence-electron chi connectivity index (χ2n) is 7.51. The molecule has 0 saturated carbocycles. The van der Waals surface area contributed by atoms with E-state index in [0.29, 0.717) is 22.9 Å². The van der Waals surface area contributed by atoms with Gasteiger partial charge in [0.25, 0.3) is 0 Å². The van der Waals surface area contributed by atoms with Crippen LogP contribution in [0.5, 0.6) is 5.75 Å². The Bertz CT molecular complexity index is 1370. The molecule has 4 rings (SSSR count). The van der Waals surface area contributed by atoms with Crippen LogP contribution in [0.2, 0.25) is 0 Å². The third-order valence-corrected chi connectivity index (χ3v) is 5.82. The summed E-state index contributed by atoms with van der Waals surface area (Å²) < 4.78 is 12.5. The second kappa shape index (κ2) is 10.6. The smallest absolute Gasteiger partial charge is 0.406 e. The number of methoxy groups -OCH3 is 1. The maximum absolute atomic E-state index is 12.6. The summed E-state index contributed by atoms with van der Waals surface area (Å²) in [6.07, 6.45) is -0.558. The zero-order chi connectivity index (χ0) is 24.9. The van der Waals surface area contributed by atoms with E-state index in [0.717, 1.165) is 21.2 Å². The minimum Gasteiger partial charge on any atom is -0.497 e. The largest absolute Gasteiger partial charge is 0.497 e. The van der Waals surface area contributed by atoms with E-state index >= 15 is 0 Å². The molecule has 35 heavy (non-hydrogen) atoms. The lowest BCUT2D eigenvalue weighted by molar-refractivity contribution is -0.121. The fraction of sp³-hybridized carbons (Fsp3) is 0.261. The Morgan fingerprint density at radius 3 is 2.63 bits per heavy atom. The van der Waals surface area contributed by atoms with Gasteiger partial charge in [0.1, 0.15) is 18.4 Å². The second-order valence-corrected chi connectivity index (χ2v) is 8.37. The SMILES string of the molecule is CNC(=O)OCCNC(=O)[C@@H](C)Nc1nc2c(Br)cccc2c2nc(-c3ccc(OC)cc3)nn12. The Labute approximate surface area is 209 Å². The molecule has 0 fully saturated rings. The molecular weight excluding hydrogens is 518 g/mol. The zero-order valence-corrected chi connectivity index (χ0v) is 20.9. The topological polar surface area (TPSA) is 132 Å². The van der Waals surface area contributed by atoms with Gasteiger partial charge in [-0.05, 0) is 59.3 Å². The number of amides is 2. The van der Waals surface area contributed by atoms with E-state index in [2.05, 4.69) is 37.0 Å². The number of anilines is 1. The van der Waals surface area contributed by atoms with Crippen molar-refractivity contribution in [2.24, 2.45) is 0 Å². The van der Waals surface area contributed by atoms with E-state index < -0.39 is 12.1 Å². The fourth-order valence-electron chi connectivity index (χ4n) is 3.35. The van der Waals surface area contributed by atoms with E-state index in [1.54, 1.807) is 18.5 Å². The highest BCUT2D eigenvalue weighted by molar-refractivity contribution is 9.10. The van der Waals surface area contributed by atoms with Gasteiger partial charge in [-0.2, -0.15) is 4.52 Å². The predicted octanol–water partition coefficient (Wildman–Crippen LogP) is 2.99. The monoisotopic (exact) mass is 541 g/mol. The molecule has 2 heterocycles. The lowest BCUT2D eigenvalue weighted by atomic mass is 10.2. The first-order valence-corrected chi connectivity index (χ1v) is 11.6. The van der Waals surface area contributed by atoms with Crippen molar-refractivity contribution in [1.29, 1.82) is 0 Å². The quantitative estimate of drug-likeness (QED) is 0.290. The van der Waals surface area contributed by atoms with Crippen LogP contribution >= 0.6 is 15.9 Å². The molecule has 4 aromatic rings. The summed E-state index contributed by atoms with van der Waals surface area (Å²) in [6.45, 7) is 1.93. The number of nitrogens with one attached hydrogen (secondary N) is 3. The van der Waals surface area contributed by atoms with Crippen LogP contribution in [0.15, 0.2) is 46.9 Å². The van der Waals surface area contributed by atoms with Gasteiger partial charge in [-0.15, -0.1) is 5.10 Å². The number of para-hydroxylation sites is 1. The van der Waals surface area contributed by atoms with Gasteiger partial charge < -0.3 is 25.4 Å². The summed E-state index contributed by atoms with van der Waals surface area (Å²) in [6, 6.07) is 12.5. The highest BCUT2D eigenvalue weighted by Crippen LogP contribution is 2.29. The maximum atomic E-state index is 12.6. The molecule has 0 aliphatic rings. The standard InChI is InChI=1S/C23H24BrN7O4/c1-13(21(32)26-11-12-35-23(33)25-2)27-22-28-18-16(5-4-6-17(18)24)20-29-19(30-31(20)22)14-7-9-15(34-3)10-8-14/h4-10,13H,11-12H2,1-3H3,(H,25,33)(H,26,32)(H,27,28)/t13-/m1/s1. The normalized spacial score (nSPS) is 11.8. The first kappa shape index (κ1) is 24.2. The van der Waals surface area contributed by atoms with Gasteiger partial charge in [-0.25, -0.2) is 14.8 Å². The van der Waals surface area contributed by atoms with Crippen LogP contribution in [0.25, 0.3) is 27.9 Å². The van der Waals surface area contributed by atoms with Gasteiger partial charge in [-0.3, -0.25) is 4.79 Å². The van der Waals surface area contributed by atoms with E-state index in [1.165, 1.54) is 7.05 Å². The molecule has 0 saturated heterocycles. The Morgan fingerprint density at radius 2 is 1.91 bits per heavy atom. The van der Waals surface area contributed by atoms with Crippen molar-refractivity contribution in [3.63, 3.8) is 0 Å². The van der Waals surface area contributed by atoms with Crippen molar-refractivity contribution in [2.75, 3.05) is 32.6 Å². The number of carbonyl (C=O) groups excluding carboxylic acids is 2. The summed E-state index contributed by atoms with van der Waals surface area (Å²) >= 11 is 3.55. The number of benzene rings is 2. The molecular formula is C23H24BrN7O4. The van der Waals surface area contributed by atoms with Crippen LogP contribution in [0.3, 0.4) is 0 Å². The summed E-state index contributed by atoms with van der Waals surface area (Å²) in [5.74, 6) is 1.31. The van der Waals surface area contributed by atoms with Gasteiger partial charge in [-0.1, -0.05) is 6.07 Å². The lowest BCUT2D eigenvalue weighted by Crippen LogP contribution is -2.40. The number of ether oxygens (including phenoxy) is 2. The molecule has 0 unspecified atom stereocenters. The number of alkyl carbamates (subject to hydrolysis) is 1. The molecule has 12 heteroatoms. The van der Waals surface area contributed by atoms with E-state index in [9.17, 15) is 9.59 Å². The lowest BCUT2D eigenvalue weighted by Gasteiger charge is -2.16. The van der Waals surface area contributed by atoms with Gasteiger partial charge >= 0.3 is 6.09 Å². The van der Waals surface area contributed by atoms with Crippen LogP contribution in [0.1, 0.15) is 6.92 Å². The number of nitrogens with zero attached hydrogens (tertiary/aromatic N) is 4. The molecule has 11 nitrogen and oxygen atoms in total. The number of rotatable bonds is 8. The number of fused-ring (bicyclic) bond motifs is 3. The van der Waals surface area contributed by atoms with Gasteiger partial charge in [0.2, 0.25) is 11.9 Å². The average molecular weight is 542 g/mol. The Kier molecular flexibility index (Phi) is 7.30. The molecule has 182 valence electrons. The van der Waals surface area contributed by atoms with Crippen LogP contribution in [0.4, 0.5) is 10.7 Å². The van der Waals surface area contributed by atoms with Gasteiger partial charge in [0, 0.05) is 22.5 Å². The molecule has 2 aromatic carbocycles. The van der Waals surface area contributed by atoms with E-state index in [-0.39, 0.29) is 19.1 Å². The number of hydrogen-bond donors (Lipinski definition) is 3. The van der Waals surface area contributed by atoms with E-state index in [1.807, 2.05) is 42.5 Å². The first-order chi connectivity index (χ1) is 16.9. The first-order valence-electron chi connectivity index (χ1n) is 10.8. The van der Waals surface area contributed by atoms with Gasteiger partial charge in [0.05, 0.1) is 19.2 Å². The predicted molar refractivity (Wildman–Crippen MR) is 134 cm³/mol. The number of aromatic nitrogens is 4. The third kappa shape index (κ3) is 5.27. The van der Waals surface area contributed by atoms with Crippen molar-refractivity contribution in [1.82, 2.24) is 30.2 Å². The third-order valence-electron chi connectivity index (χ3n) is 5.18. The van der Waals surface area contributed by atoms with Crippen LogP contribution in [0, 0.1) is 0 Å². The number of halogens is 1. The van der Waals surface area contributed by atoms with Crippen molar-refractivity contribution < 1.29 is 19.1 Å².